The number of hydrogen-bond donors (Lipinski definition) is 0. The van der Waals surface area contributed by atoms with Crippen LogP contribution in [0, 0.1) is 11.6 Å². The molecule has 0 saturated carbocycles. The molecule has 0 radical (unpaired) electrons. The first-order valence-electron chi connectivity index (χ1n) is 6.05. The first-order chi connectivity index (χ1) is 9.61. The molecule has 2 heterocycles. The van der Waals surface area contributed by atoms with Gasteiger partial charge in [0.25, 0.3) is 0 Å². The minimum Gasteiger partial charge on any atom is -0.319 e. The fourth-order valence-corrected chi connectivity index (χ4v) is 3.29. The van der Waals surface area contributed by atoms with Gasteiger partial charge in [0, 0.05) is 6.07 Å². The lowest BCUT2D eigenvalue weighted by atomic mass is 10.1. The second-order valence-electron chi connectivity index (χ2n) is 4.52. The molecule has 0 saturated heterocycles. The number of fused-ring (bicyclic) bond motifs is 1. The van der Waals surface area contributed by atoms with Crippen molar-refractivity contribution < 1.29 is 8.78 Å². The van der Waals surface area contributed by atoms with Crippen molar-refractivity contribution in [2.24, 2.45) is 0 Å². The van der Waals surface area contributed by atoms with E-state index >= 15 is 0 Å². The van der Waals surface area contributed by atoms with Crippen molar-refractivity contribution in [1.29, 1.82) is 0 Å². The molecule has 0 fully saturated rings. The first kappa shape index (κ1) is 13.5. The minimum atomic E-state index is -0.664. The van der Waals surface area contributed by atoms with Crippen LogP contribution in [-0.2, 0) is 5.88 Å². The van der Waals surface area contributed by atoms with E-state index in [9.17, 15) is 8.78 Å². The molecule has 3 aromatic rings. The molecule has 0 aliphatic rings. The number of thiophene rings is 1. The van der Waals surface area contributed by atoms with Crippen molar-refractivity contribution in [2.75, 3.05) is 0 Å². The molecule has 0 aliphatic heterocycles. The van der Waals surface area contributed by atoms with Crippen molar-refractivity contribution in [1.82, 2.24) is 9.55 Å². The molecule has 1 aromatic carbocycles. The van der Waals surface area contributed by atoms with Crippen molar-refractivity contribution in [3.8, 4) is 0 Å². The van der Waals surface area contributed by atoms with E-state index < -0.39 is 11.6 Å². The van der Waals surface area contributed by atoms with Gasteiger partial charge in [0.05, 0.1) is 17.4 Å². The van der Waals surface area contributed by atoms with Gasteiger partial charge in [-0.3, -0.25) is 0 Å². The molecule has 0 spiro atoms. The molecular weight excluding hydrogens is 302 g/mol. The van der Waals surface area contributed by atoms with Crippen molar-refractivity contribution in [3.63, 3.8) is 0 Å². The van der Waals surface area contributed by atoms with Crippen molar-refractivity contribution in [3.05, 3.63) is 52.0 Å². The van der Waals surface area contributed by atoms with Crippen LogP contribution in [0.1, 0.15) is 24.4 Å². The highest BCUT2D eigenvalue weighted by atomic mass is 35.5. The monoisotopic (exact) mass is 312 g/mol. The predicted octanol–water partition coefficient (Wildman–Crippen LogP) is 4.72. The lowest BCUT2D eigenvalue weighted by Crippen LogP contribution is -2.09. The highest BCUT2D eigenvalue weighted by Gasteiger charge is 2.20. The van der Waals surface area contributed by atoms with Crippen LogP contribution < -0.4 is 0 Å². The third kappa shape index (κ3) is 2.11. The van der Waals surface area contributed by atoms with Gasteiger partial charge >= 0.3 is 0 Å². The molecule has 3 rings (SSSR count). The average Bonchev–Trinajstić information content (AvgIpc) is 3.04. The highest BCUT2D eigenvalue weighted by Crippen LogP contribution is 2.29. The lowest BCUT2D eigenvalue weighted by Gasteiger charge is -2.16. The zero-order valence-electron chi connectivity index (χ0n) is 10.6. The van der Waals surface area contributed by atoms with Gasteiger partial charge in [-0.2, -0.15) is 11.3 Å². The summed E-state index contributed by atoms with van der Waals surface area (Å²) in [5.74, 6) is -0.605. The summed E-state index contributed by atoms with van der Waals surface area (Å²) in [7, 11) is 0. The summed E-state index contributed by atoms with van der Waals surface area (Å²) in [6.45, 7) is 1.96. The van der Waals surface area contributed by atoms with Crippen LogP contribution in [0.3, 0.4) is 0 Å². The smallest absolute Gasteiger partial charge is 0.153 e. The van der Waals surface area contributed by atoms with E-state index in [1.54, 1.807) is 15.9 Å². The number of imidazole rings is 1. The quantitative estimate of drug-likeness (QED) is 0.640. The zero-order chi connectivity index (χ0) is 14.3. The minimum absolute atomic E-state index is 0.0822. The molecule has 20 heavy (non-hydrogen) atoms. The Morgan fingerprint density at radius 2 is 2.20 bits per heavy atom. The SMILES string of the molecule is CC(c1ccsc1)n1c(CCl)nc2c(F)cc(F)cc21. The summed E-state index contributed by atoms with van der Waals surface area (Å²) in [5, 5.41) is 3.97. The molecular formula is C14H11ClF2N2S. The summed E-state index contributed by atoms with van der Waals surface area (Å²) >= 11 is 7.48. The van der Waals surface area contributed by atoms with Crippen molar-refractivity contribution >= 4 is 34.0 Å². The van der Waals surface area contributed by atoms with Gasteiger partial charge in [-0.25, -0.2) is 13.8 Å². The van der Waals surface area contributed by atoms with E-state index in [1.807, 2.05) is 23.8 Å². The maximum absolute atomic E-state index is 13.8. The predicted molar refractivity (Wildman–Crippen MR) is 77.3 cm³/mol. The molecule has 104 valence electrons. The van der Waals surface area contributed by atoms with Crippen LogP contribution in [0.5, 0.6) is 0 Å². The Bertz CT molecular complexity index is 752. The summed E-state index contributed by atoms with van der Waals surface area (Å²) in [4.78, 5) is 4.20. The Balaban J connectivity index is 2.27. The first-order valence-corrected chi connectivity index (χ1v) is 7.53. The molecule has 0 bridgehead atoms. The molecule has 2 aromatic heterocycles. The van der Waals surface area contributed by atoms with Crippen LogP contribution in [0.15, 0.2) is 29.0 Å². The Morgan fingerprint density at radius 1 is 1.40 bits per heavy atom. The zero-order valence-corrected chi connectivity index (χ0v) is 12.2. The largest absolute Gasteiger partial charge is 0.319 e. The van der Waals surface area contributed by atoms with Gasteiger partial charge in [-0.15, -0.1) is 11.6 Å². The average molecular weight is 313 g/mol. The second kappa shape index (κ2) is 5.14. The third-order valence-corrected chi connectivity index (χ3v) is 4.26. The highest BCUT2D eigenvalue weighted by molar-refractivity contribution is 7.07. The summed E-state index contributed by atoms with van der Waals surface area (Å²) in [6, 6.07) is 4.03. The van der Waals surface area contributed by atoms with Crippen LogP contribution in [0.2, 0.25) is 0 Å². The van der Waals surface area contributed by atoms with E-state index in [2.05, 4.69) is 4.98 Å². The molecule has 0 amide bonds. The number of alkyl halides is 1. The number of benzene rings is 1. The van der Waals surface area contributed by atoms with Gasteiger partial charge in [0.15, 0.2) is 5.82 Å². The van der Waals surface area contributed by atoms with E-state index in [-0.39, 0.29) is 17.4 Å². The van der Waals surface area contributed by atoms with Crippen LogP contribution in [0.4, 0.5) is 8.78 Å². The van der Waals surface area contributed by atoms with E-state index in [1.165, 1.54) is 6.07 Å². The van der Waals surface area contributed by atoms with E-state index in [0.717, 1.165) is 11.6 Å². The normalized spacial score (nSPS) is 13.0. The van der Waals surface area contributed by atoms with Gasteiger partial charge < -0.3 is 4.57 Å². The van der Waals surface area contributed by atoms with Gasteiger partial charge in [-0.05, 0) is 35.4 Å². The summed E-state index contributed by atoms with van der Waals surface area (Å²) in [5.41, 5.74) is 1.64. The summed E-state index contributed by atoms with van der Waals surface area (Å²) in [6.07, 6.45) is 0. The molecule has 1 unspecified atom stereocenters. The fraction of sp³-hybridized carbons (Fsp3) is 0.214. The topological polar surface area (TPSA) is 17.8 Å². The number of aromatic nitrogens is 2. The maximum Gasteiger partial charge on any atom is 0.153 e. The maximum atomic E-state index is 13.8. The van der Waals surface area contributed by atoms with Crippen molar-refractivity contribution in [2.45, 2.75) is 18.8 Å². The van der Waals surface area contributed by atoms with Crippen LogP contribution >= 0.6 is 22.9 Å². The Morgan fingerprint density at radius 3 is 2.85 bits per heavy atom. The lowest BCUT2D eigenvalue weighted by molar-refractivity contribution is 0.588. The standard InChI is InChI=1S/C14H11ClF2N2S/c1-8(9-2-3-20-7-9)19-12-5-10(16)4-11(17)14(12)18-13(19)6-15/h2-5,7-8H,6H2,1H3. The Labute approximate surface area is 123 Å². The van der Waals surface area contributed by atoms with E-state index in [4.69, 9.17) is 11.6 Å². The third-order valence-electron chi connectivity index (χ3n) is 3.32. The van der Waals surface area contributed by atoms with Gasteiger partial charge in [-0.1, -0.05) is 0 Å². The van der Waals surface area contributed by atoms with Gasteiger partial charge in [0.2, 0.25) is 0 Å². The number of rotatable bonds is 3. The number of halogens is 3. The molecule has 0 N–H and O–H groups in total. The van der Waals surface area contributed by atoms with E-state index in [0.29, 0.717) is 11.3 Å². The number of nitrogens with zero attached hydrogens (tertiary/aromatic N) is 2. The molecule has 6 heteroatoms. The fourth-order valence-electron chi connectivity index (χ4n) is 2.36. The second-order valence-corrected chi connectivity index (χ2v) is 5.57. The Kier molecular flexibility index (Phi) is 3.48. The number of hydrogen-bond acceptors (Lipinski definition) is 2. The molecule has 2 nitrogen and oxygen atoms in total. The van der Waals surface area contributed by atoms with Crippen LogP contribution in [-0.4, -0.2) is 9.55 Å². The molecule has 0 aliphatic carbocycles. The van der Waals surface area contributed by atoms with Gasteiger partial charge in [0.1, 0.15) is 17.2 Å². The Hall–Kier alpha value is -1.46. The van der Waals surface area contributed by atoms with Crippen LogP contribution in [0.25, 0.3) is 11.0 Å². The summed E-state index contributed by atoms with van der Waals surface area (Å²) < 4.78 is 29.1. The molecule has 1 atom stereocenters.